The van der Waals surface area contributed by atoms with Crippen LogP contribution in [0.4, 0.5) is 4.79 Å². The molecular weight excluding hydrogens is 292 g/mol. The van der Waals surface area contributed by atoms with Gasteiger partial charge in [-0.2, -0.15) is 0 Å². The molecule has 1 saturated heterocycles. The van der Waals surface area contributed by atoms with E-state index in [9.17, 15) is 9.90 Å². The third kappa shape index (κ3) is 8.56. The van der Waals surface area contributed by atoms with Crippen LogP contribution in [-0.4, -0.2) is 53.5 Å². The zero-order valence-corrected chi connectivity index (χ0v) is 15.8. The molecule has 0 radical (unpaired) electrons. The van der Waals surface area contributed by atoms with Gasteiger partial charge in [0.15, 0.2) is 0 Å². The van der Waals surface area contributed by atoms with Gasteiger partial charge >= 0.3 is 6.09 Å². The van der Waals surface area contributed by atoms with Crippen LogP contribution in [0.3, 0.4) is 0 Å². The van der Waals surface area contributed by atoms with E-state index in [0.717, 1.165) is 38.9 Å². The van der Waals surface area contributed by atoms with E-state index in [-0.39, 0.29) is 6.09 Å². The fourth-order valence-electron chi connectivity index (χ4n) is 3.22. The minimum Gasteiger partial charge on any atom is -0.444 e. The standard InChI is InChI=1S/C18H36N2O3/c1-14(2)10-18(6,22)13-19-11-15-8-7-9-20(12-15)16(21)23-17(3,4)5/h14-15,19,22H,7-13H2,1-6H3. The third-order valence-corrected chi connectivity index (χ3v) is 3.96. The predicted molar refractivity (Wildman–Crippen MR) is 93.5 cm³/mol. The molecule has 23 heavy (non-hydrogen) atoms. The Morgan fingerprint density at radius 3 is 2.57 bits per heavy atom. The lowest BCUT2D eigenvalue weighted by Gasteiger charge is -2.35. The van der Waals surface area contributed by atoms with Crippen LogP contribution in [0.1, 0.15) is 60.8 Å². The molecule has 0 aromatic carbocycles. The van der Waals surface area contributed by atoms with E-state index in [0.29, 0.717) is 18.4 Å². The highest BCUT2D eigenvalue weighted by Crippen LogP contribution is 2.20. The SMILES string of the molecule is CC(C)CC(C)(O)CNCC1CCCN(C(=O)OC(C)(C)C)C1. The number of aliphatic hydroxyl groups is 1. The number of hydrogen-bond acceptors (Lipinski definition) is 4. The van der Waals surface area contributed by atoms with Crippen LogP contribution in [0.5, 0.6) is 0 Å². The minimum atomic E-state index is -0.673. The van der Waals surface area contributed by atoms with Crippen molar-refractivity contribution in [1.29, 1.82) is 0 Å². The van der Waals surface area contributed by atoms with Gasteiger partial charge in [-0.3, -0.25) is 0 Å². The van der Waals surface area contributed by atoms with E-state index in [1.807, 2.05) is 32.6 Å². The summed E-state index contributed by atoms with van der Waals surface area (Å²) in [5.74, 6) is 0.898. The minimum absolute atomic E-state index is 0.214. The second kappa shape index (κ2) is 8.34. The summed E-state index contributed by atoms with van der Waals surface area (Å²) in [6.45, 7) is 14.7. The summed E-state index contributed by atoms with van der Waals surface area (Å²) in [6, 6.07) is 0. The zero-order chi connectivity index (χ0) is 17.7. The summed E-state index contributed by atoms with van der Waals surface area (Å²) in [5.41, 5.74) is -1.12. The molecule has 1 aliphatic heterocycles. The number of piperidine rings is 1. The van der Waals surface area contributed by atoms with Crippen LogP contribution in [0.15, 0.2) is 0 Å². The zero-order valence-electron chi connectivity index (χ0n) is 15.8. The molecule has 0 spiro atoms. The molecule has 2 unspecified atom stereocenters. The Labute approximate surface area is 141 Å². The Morgan fingerprint density at radius 2 is 2.00 bits per heavy atom. The average Bonchev–Trinajstić information content (AvgIpc) is 2.35. The van der Waals surface area contributed by atoms with Gasteiger partial charge in [-0.15, -0.1) is 0 Å². The number of ether oxygens (including phenoxy) is 1. The lowest BCUT2D eigenvalue weighted by atomic mass is 9.93. The van der Waals surface area contributed by atoms with Gasteiger partial charge in [0.25, 0.3) is 0 Å². The molecule has 1 aliphatic rings. The van der Waals surface area contributed by atoms with Crippen molar-refractivity contribution in [3.05, 3.63) is 0 Å². The van der Waals surface area contributed by atoms with Gasteiger partial charge in [-0.1, -0.05) is 13.8 Å². The Bertz CT molecular complexity index is 375. The van der Waals surface area contributed by atoms with Crippen LogP contribution >= 0.6 is 0 Å². The van der Waals surface area contributed by atoms with Crippen molar-refractivity contribution < 1.29 is 14.6 Å². The monoisotopic (exact) mass is 328 g/mol. The number of amides is 1. The van der Waals surface area contributed by atoms with Crippen molar-refractivity contribution in [2.75, 3.05) is 26.2 Å². The van der Waals surface area contributed by atoms with E-state index in [1.54, 1.807) is 0 Å². The number of likely N-dealkylation sites (tertiary alicyclic amines) is 1. The molecule has 1 rings (SSSR count). The van der Waals surface area contributed by atoms with Crippen molar-refractivity contribution in [2.24, 2.45) is 11.8 Å². The van der Waals surface area contributed by atoms with Crippen LogP contribution in [0.2, 0.25) is 0 Å². The smallest absolute Gasteiger partial charge is 0.410 e. The molecule has 5 heteroatoms. The molecule has 2 N–H and O–H groups in total. The van der Waals surface area contributed by atoms with Crippen molar-refractivity contribution in [2.45, 2.75) is 72.0 Å². The first kappa shape index (κ1) is 20.2. The van der Waals surface area contributed by atoms with Crippen molar-refractivity contribution in [1.82, 2.24) is 10.2 Å². The highest BCUT2D eigenvalue weighted by molar-refractivity contribution is 5.68. The van der Waals surface area contributed by atoms with Crippen LogP contribution in [0, 0.1) is 11.8 Å². The number of rotatable bonds is 6. The van der Waals surface area contributed by atoms with Gasteiger partial charge < -0.3 is 20.1 Å². The molecule has 0 aliphatic carbocycles. The predicted octanol–water partition coefficient (Wildman–Crippen LogP) is 3.02. The summed E-state index contributed by atoms with van der Waals surface area (Å²) >= 11 is 0. The summed E-state index contributed by atoms with van der Waals surface area (Å²) in [7, 11) is 0. The molecule has 0 aromatic rings. The number of hydrogen-bond donors (Lipinski definition) is 2. The Balaban J connectivity index is 2.37. The lowest BCUT2D eigenvalue weighted by Crippen LogP contribution is -2.46. The fourth-order valence-corrected chi connectivity index (χ4v) is 3.22. The van der Waals surface area contributed by atoms with Gasteiger partial charge in [0.2, 0.25) is 0 Å². The van der Waals surface area contributed by atoms with E-state index in [2.05, 4.69) is 19.2 Å². The molecule has 5 nitrogen and oxygen atoms in total. The van der Waals surface area contributed by atoms with Crippen LogP contribution in [-0.2, 0) is 4.74 Å². The van der Waals surface area contributed by atoms with Crippen LogP contribution in [0.25, 0.3) is 0 Å². The molecule has 0 saturated carbocycles. The normalized spacial score (nSPS) is 22.1. The second-order valence-corrected chi connectivity index (χ2v) is 8.66. The first-order valence-corrected chi connectivity index (χ1v) is 8.89. The van der Waals surface area contributed by atoms with E-state index in [1.165, 1.54) is 0 Å². The average molecular weight is 328 g/mol. The number of carbonyl (C=O) groups excluding carboxylic acids is 1. The van der Waals surface area contributed by atoms with Crippen molar-refractivity contribution >= 4 is 6.09 Å². The van der Waals surface area contributed by atoms with Gasteiger partial charge in [0.05, 0.1) is 5.60 Å². The van der Waals surface area contributed by atoms with Gasteiger partial charge in [0, 0.05) is 19.6 Å². The molecule has 136 valence electrons. The van der Waals surface area contributed by atoms with Gasteiger partial charge in [-0.05, 0) is 65.3 Å². The number of nitrogens with zero attached hydrogens (tertiary/aromatic N) is 1. The van der Waals surface area contributed by atoms with Gasteiger partial charge in [0.1, 0.15) is 5.60 Å². The largest absolute Gasteiger partial charge is 0.444 e. The molecule has 1 fully saturated rings. The maximum atomic E-state index is 12.2. The Kier molecular flexibility index (Phi) is 7.33. The molecule has 2 atom stereocenters. The topological polar surface area (TPSA) is 61.8 Å². The molecule has 0 bridgehead atoms. The Morgan fingerprint density at radius 1 is 1.35 bits per heavy atom. The number of nitrogens with one attached hydrogen (secondary N) is 1. The summed E-state index contributed by atoms with van der Waals surface area (Å²) in [5, 5.41) is 13.7. The highest BCUT2D eigenvalue weighted by atomic mass is 16.6. The second-order valence-electron chi connectivity index (χ2n) is 8.66. The van der Waals surface area contributed by atoms with Crippen LogP contribution < -0.4 is 5.32 Å². The summed E-state index contributed by atoms with van der Waals surface area (Å²) in [4.78, 5) is 14.0. The molecule has 1 heterocycles. The number of carbonyl (C=O) groups is 1. The lowest BCUT2D eigenvalue weighted by molar-refractivity contribution is 0.0148. The summed E-state index contributed by atoms with van der Waals surface area (Å²) in [6.07, 6.45) is 2.69. The van der Waals surface area contributed by atoms with Gasteiger partial charge in [-0.25, -0.2) is 4.79 Å². The maximum absolute atomic E-state index is 12.2. The Hall–Kier alpha value is -0.810. The maximum Gasteiger partial charge on any atom is 0.410 e. The third-order valence-electron chi connectivity index (χ3n) is 3.96. The van der Waals surface area contributed by atoms with E-state index < -0.39 is 11.2 Å². The van der Waals surface area contributed by atoms with E-state index >= 15 is 0 Å². The molecule has 1 amide bonds. The fraction of sp³-hybridized carbons (Fsp3) is 0.944. The van der Waals surface area contributed by atoms with Crippen molar-refractivity contribution in [3.8, 4) is 0 Å². The van der Waals surface area contributed by atoms with Crippen molar-refractivity contribution in [3.63, 3.8) is 0 Å². The quantitative estimate of drug-likeness (QED) is 0.787. The molecular formula is C18H36N2O3. The summed E-state index contributed by atoms with van der Waals surface area (Å²) < 4.78 is 5.45. The molecule has 0 aromatic heterocycles. The first-order chi connectivity index (χ1) is 10.5. The van der Waals surface area contributed by atoms with E-state index in [4.69, 9.17) is 4.74 Å². The highest BCUT2D eigenvalue weighted by Gasteiger charge is 2.28. The first-order valence-electron chi connectivity index (χ1n) is 8.89.